The minimum Gasteiger partial charge on any atom is -0.493 e. The van der Waals surface area contributed by atoms with Crippen molar-refractivity contribution in [2.24, 2.45) is 0 Å². The zero-order valence-corrected chi connectivity index (χ0v) is 14.6. The number of hydrogen-bond acceptors (Lipinski definition) is 4. The van der Waals surface area contributed by atoms with Gasteiger partial charge in [-0.25, -0.2) is 0 Å². The Morgan fingerprint density at radius 2 is 1.83 bits per heavy atom. The molecular weight excluding hydrogens is 310 g/mol. The molecule has 4 nitrogen and oxygen atoms in total. The molecule has 0 saturated heterocycles. The second-order valence-electron chi connectivity index (χ2n) is 5.14. The van der Waals surface area contributed by atoms with Crippen LogP contribution in [0.15, 0.2) is 47.4 Å². The highest BCUT2D eigenvalue weighted by Crippen LogP contribution is 2.30. The van der Waals surface area contributed by atoms with E-state index in [9.17, 15) is 4.79 Å². The number of benzene rings is 2. The molecule has 0 aliphatic carbocycles. The van der Waals surface area contributed by atoms with Crippen LogP contribution in [0.3, 0.4) is 0 Å². The Kier molecular flexibility index (Phi) is 5.93. The van der Waals surface area contributed by atoms with Crippen molar-refractivity contribution < 1.29 is 14.3 Å². The summed E-state index contributed by atoms with van der Waals surface area (Å²) in [6.07, 6.45) is 0. The first-order valence-electron chi connectivity index (χ1n) is 7.29. The fourth-order valence-electron chi connectivity index (χ4n) is 2.10. The fourth-order valence-corrected chi connectivity index (χ4v) is 3.09. The summed E-state index contributed by atoms with van der Waals surface area (Å²) in [5, 5.41) is 2.70. The van der Waals surface area contributed by atoms with Crippen molar-refractivity contribution in [3.05, 3.63) is 48.0 Å². The van der Waals surface area contributed by atoms with Crippen LogP contribution in [0.2, 0.25) is 0 Å². The van der Waals surface area contributed by atoms with Crippen LogP contribution in [0, 0.1) is 6.92 Å². The maximum absolute atomic E-state index is 12.4. The number of rotatable bonds is 6. The molecule has 0 aromatic heterocycles. The zero-order chi connectivity index (χ0) is 16.8. The third kappa shape index (κ3) is 4.66. The van der Waals surface area contributed by atoms with Gasteiger partial charge in [0, 0.05) is 16.6 Å². The van der Waals surface area contributed by atoms with Crippen molar-refractivity contribution in [3.63, 3.8) is 0 Å². The molecule has 2 aromatic carbocycles. The Morgan fingerprint density at radius 1 is 1.09 bits per heavy atom. The third-order valence-corrected chi connectivity index (χ3v) is 4.42. The van der Waals surface area contributed by atoms with Crippen molar-refractivity contribution >= 4 is 23.4 Å². The Labute approximate surface area is 141 Å². The Hall–Kier alpha value is -2.14. The molecule has 2 rings (SSSR count). The predicted molar refractivity (Wildman–Crippen MR) is 94.7 cm³/mol. The largest absolute Gasteiger partial charge is 0.493 e. The van der Waals surface area contributed by atoms with Gasteiger partial charge in [0.15, 0.2) is 11.5 Å². The molecule has 0 aliphatic rings. The number of methoxy groups -OCH3 is 2. The lowest BCUT2D eigenvalue weighted by molar-refractivity contribution is -0.115. The SMILES string of the molecule is COc1ccc(NC(=O)C(C)Sc2cccc(C)c2)cc1OC. The minimum atomic E-state index is -0.204. The summed E-state index contributed by atoms with van der Waals surface area (Å²) in [5.74, 6) is 1.17. The summed E-state index contributed by atoms with van der Waals surface area (Å²) in [6, 6.07) is 13.4. The molecule has 23 heavy (non-hydrogen) atoms. The van der Waals surface area contributed by atoms with Gasteiger partial charge in [-0.2, -0.15) is 0 Å². The van der Waals surface area contributed by atoms with Gasteiger partial charge in [-0.3, -0.25) is 4.79 Å². The van der Waals surface area contributed by atoms with Crippen molar-refractivity contribution in [3.8, 4) is 11.5 Å². The maximum Gasteiger partial charge on any atom is 0.237 e. The number of nitrogens with one attached hydrogen (secondary N) is 1. The lowest BCUT2D eigenvalue weighted by Crippen LogP contribution is -2.22. The monoisotopic (exact) mass is 331 g/mol. The van der Waals surface area contributed by atoms with Crippen LogP contribution in [0.25, 0.3) is 0 Å². The lowest BCUT2D eigenvalue weighted by Gasteiger charge is -2.14. The molecule has 1 atom stereocenters. The quantitative estimate of drug-likeness (QED) is 0.809. The summed E-state index contributed by atoms with van der Waals surface area (Å²) in [5.41, 5.74) is 1.87. The number of amides is 1. The van der Waals surface area contributed by atoms with E-state index in [2.05, 4.69) is 11.4 Å². The highest BCUT2D eigenvalue weighted by molar-refractivity contribution is 8.00. The first-order valence-corrected chi connectivity index (χ1v) is 8.17. The first kappa shape index (κ1) is 17.2. The number of carbonyl (C=O) groups is 1. The first-order chi connectivity index (χ1) is 11.0. The number of hydrogen-bond donors (Lipinski definition) is 1. The van der Waals surface area contributed by atoms with E-state index in [0.29, 0.717) is 17.2 Å². The maximum atomic E-state index is 12.4. The van der Waals surface area contributed by atoms with Gasteiger partial charge in [0.2, 0.25) is 5.91 Å². The van der Waals surface area contributed by atoms with Crippen LogP contribution >= 0.6 is 11.8 Å². The topological polar surface area (TPSA) is 47.6 Å². The van der Waals surface area contributed by atoms with E-state index >= 15 is 0 Å². The Bertz CT molecular complexity index is 688. The average molecular weight is 331 g/mol. The summed E-state index contributed by atoms with van der Waals surface area (Å²) in [4.78, 5) is 13.4. The molecule has 0 radical (unpaired) electrons. The summed E-state index contributed by atoms with van der Waals surface area (Å²) < 4.78 is 10.4. The molecular formula is C18H21NO3S. The Morgan fingerprint density at radius 3 is 2.48 bits per heavy atom. The van der Waals surface area contributed by atoms with Crippen molar-refractivity contribution in [2.45, 2.75) is 24.0 Å². The molecule has 2 aromatic rings. The lowest BCUT2D eigenvalue weighted by atomic mass is 10.2. The van der Waals surface area contributed by atoms with E-state index in [0.717, 1.165) is 4.90 Å². The zero-order valence-electron chi connectivity index (χ0n) is 13.8. The second-order valence-corrected chi connectivity index (χ2v) is 6.55. The van der Waals surface area contributed by atoms with Gasteiger partial charge < -0.3 is 14.8 Å². The van der Waals surface area contributed by atoms with E-state index in [1.807, 2.05) is 32.0 Å². The van der Waals surface area contributed by atoms with E-state index < -0.39 is 0 Å². The minimum absolute atomic E-state index is 0.0521. The van der Waals surface area contributed by atoms with Gasteiger partial charge in [0.1, 0.15) is 0 Å². The van der Waals surface area contributed by atoms with Crippen molar-refractivity contribution in [1.82, 2.24) is 0 Å². The van der Waals surface area contributed by atoms with Crippen LogP contribution in [-0.4, -0.2) is 25.4 Å². The van der Waals surface area contributed by atoms with Crippen LogP contribution in [0.5, 0.6) is 11.5 Å². The smallest absolute Gasteiger partial charge is 0.237 e. The molecule has 1 unspecified atom stereocenters. The van der Waals surface area contributed by atoms with Gasteiger partial charge in [-0.1, -0.05) is 17.7 Å². The number of ether oxygens (including phenoxy) is 2. The molecule has 1 amide bonds. The van der Waals surface area contributed by atoms with E-state index in [1.165, 1.54) is 17.3 Å². The van der Waals surface area contributed by atoms with E-state index in [4.69, 9.17) is 9.47 Å². The summed E-state index contributed by atoms with van der Waals surface area (Å²) in [6.45, 7) is 3.93. The average Bonchev–Trinajstić information content (AvgIpc) is 2.54. The van der Waals surface area contributed by atoms with Crippen LogP contribution in [0.1, 0.15) is 12.5 Å². The molecule has 0 saturated carbocycles. The van der Waals surface area contributed by atoms with Crippen molar-refractivity contribution in [2.75, 3.05) is 19.5 Å². The van der Waals surface area contributed by atoms with Crippen LogP contribution in [-0.2, 0) is 4.79 Å². The number of thioether (sulfide) groups is 1. The number of aryl methyl sites for hydroxylation is 1. The molecule has 0 bridgehead atoms. The molecule has 0 spiro atoms. The molecule has 1 N–H and O–H groups in total. The van der Waals surface area contributed by atoms with E-state index in [1.54, 1.807) is 32.4 Å². The van der Waals surface area contributed by atoms with Gasteiger partial charge in [0.05, 0.1) is 19.5 Å². The van der Waals surface area contributed by atoms with Gasteiger partial charge in [-0.05, 0) is 38.1 Å². The molecule has 5 heteroatoms. The van der Waals surface area contributed by atoms with Gasteiger partial charge >= 0.3 is 0 Å². The van der Waals surface area contributed by atoms with Gasteiger partial charge in [-0.15, -0.1) is 11.8 Å². The third-order valence-electron chi connectivity index (χ3n) is 3.32. The molecule has 0 heterocycles. The molecule has 0 fully saturated rings. The highest BCUT2D eigenvalue weighted by Gasteiger charge is 2.15. The Balaban J connectivity index is 2.03. The summed E-state index contributed by atoms with van der Waals surface area (Å²) >= 11 is 1.53. The second kappa shape index (κ2) is 7.92. The van der Waals surface area contributed by atoms with E-state index in [-0.39, 0.29) is 11.2 Å². The number of anilines is 1. The standard InChI is InChI=1S/C18H21NO3S/c1-12-6-5-7-15(10-12)23-13(2)18(20)19-14-8-9-16(21-3)17(11-14)22-4/h5-11,13H,1-4H3,(H,19,20). The molecule has 122 valence electrons. The summed E-state index contributed by atoms with van der Waals surface area (Å²) in [7, 11) is 3.15. The highest BCUT2D eigenvalue weighted by atomic mass is 32.2. The van der Waals surface area contributed by atoms with Crippen LogP contribution in [0.4, 0.5) is 5.69 Å². The van der Waals surface area contributed by atoms with Crippen LogP contribution < -0.4 is 14.8 Å². The molecule has 0 aliphatic heterocycles. The normalized spacial score (nSPS) is 11.7. The number of carbonyl (C=O) groups excluding carboxylic acids is 1. The van der Waals surface area contributed by atoms with Crippen molar-refractivity contribution in [1.29, 1.82) is 0 Å². The fraction of sp³-hybridized carbons (Fsp3) is 0.278. The van der Waals surface area contributed by atoms with Gasteiger partial charge in [0.25, 0.3) is 0 Å². The predicted octanol–water partition coefficient (Wildman–Crippen LogP) is 4.13.